The van der Waals surface area contributed by atoms with Gasteiger partial charge in [-0.25, -0.2) is 9.97 Å². The van der Waals surface area contributed by atoms with Gasteiger partial charge in [0.05, 0.1) is 0 Å². The molecule has 0 spiro atoms. The molecule has 0 atom stereocenters. The Morgan fingerprint density at radius 3 is 2.53 bits per heavy atom. The molecular formula is C13H9N3O. The van der Waals surface area contributed by atoms with Gasteiger partial charge >= 0.3 is 0 Å². The van der Waals surface area contributed by atoms with E-state index in [1.807, 2.05) is 24.3 Å². The summed E-state index contributed by atoms with van der Waals surface area (Å²) in [6.07, 6.45) is 4.92. The van der Waals surface area contributed by atoms with Crippen LogP contribution in [0, 0.1) is 0 Å². The standard InChI is InChI=1S/C13H9N3O/c17-12-11-5-2-1-4-10(11)6-9-16(12)13-14-7-3-8-15-13/h1-9H. The first-order chi connectivity index (χ1) is 8.36. The van der Waals surface area contributed by atoms with Crippen LogP contribution in [0.3, 0.4) is 0 Å². The van der Waals surface area contributed by atoms with E-state index in [1.54, 1.807) is 30.7 Å². The second-order valence-electron chi connectivity index (χ2n) is 3.63. The van der Waals surface area contributed by atoms with Crippen LogP contribution in [0.15, 0.2) is 59.8 Å². The highest BCUT2D eigenvalue weighted by Gasteiger charge is 2.04. The molecule has 0 saturated carbocycles. The predicted octanol–water partition coefficient (Wildman–Crippen LogP) is 1.78. The molecule has 3 aromatic rings. The molecular weight excluding hydrogens is 214 g/mol. The van der Waals surface area contributed by atoms with Gasteiger partial charge in [0.1, 0.15) is 0 Å². The minimum Gasteiger partial charge on any atom is -0.268 e. The normalized spacial score (nSPS) is 10.6. The summed E-state index contributed by atoms with van der Waals surface area (Å²) in [7, 11) is 0. The first-order valence-electron chi connectivity index (χ1n) is 5.24. The van der Waals surface area contributed by atoms with Crippen LogP contribution >= 0.6 is 0 Å². The van der Waals surface area contributed by atoms with Crippen LogP contribution in [-0.4, -0.2) is 14.5 Å². The van der Waals surface area contributed by atoms with Gasteiger partial charge in [0.2, 0.25) is 5.95 Å². The summed E-state index contributed by atoms with van der Waals surface area (Å²) in [5.74, 6) is 0.392. The van der Waals surface area contributed by atoms with Crippen molar-refractivity contribution in [3.8, 4) is 5.95 Å². The maximum Gasteiger partial charge on any atom is 0.265 e. The number of nitrogens with zero attached hydrogens (tertiary/aromatic N) is 3. The van der Waals surface area contributed by atoms with Crippen molar-refractivity contribution in [2.24, 2.45) is 0 Å². The highest BCUT2D eigenvalue weighted by molar-refractivity contribution is 5.81. The summed E-state index contributed by atoms with van der Waals surface area (Å²) in [4.78, 5) is 20.3. The molecule has 0 aliphatic rings. The first kappa shape index (κ1) is 9.72. The van der Waals surface area contributed by atoms with Crippen LogP contribution in [0.25, 0.3) is 16.7 Å². The minimum absolute atomic E-state index is 0.102. The fourth-order valence-corrected chi connectivity index (χ4v) is 1.76. The molecule has 0 amide bonds. The number of benzene rings is 1. The van der Waals surface area contributed by atoms with Crippen LogP contribution < -0.4 is 5.56 Å². The summed E-state index contributed by atoms with van der Waals surface area (Å²) < 4.78 is 1.45. The van der Waals surface area contributed by atoms with Gasteiger partial charge in [-0.2, -0.15) is 0 Å². The summed E-state index contributed by atoms with van der Waals surface area (Å²) in [6, 6.07) is 11.1. The lowest BCUT2D eigenvalue weighted by Crippen LogP contribution is -2.19. The van der Waals surface area contributed by atoms with E-state index in [9.17, 15) is 4.79 Å². The van der Waals surface area contributed by atoms with Crippen molar-refractivity contribution in [1.29, 1.82) is 0 Å². The summed E-state index contributed by atoms with van der Waals surface area (Å²) in [6.45, 7) is 0. The quantitative estimate of drug-likeness (QED) is 0.631. The van der Waals surface area contributed by atoms with Crippen molar-refractivity contribution >= 4 is 10.8 Å². The average Bonchev–Trinajstić information content (AvgIpc) is 2.40. The number of rotatable bonds is 1. The van der Waals surface area contributed by atoms with Crippen molar-refractivity contribution in [3.05, 3.63) is 65.3 Å². The number of fused-ring (bicyclic) bond motifs is 1. The number of hydrogen-bond donors (Lipinski definition) is 0. The van der Waals surface area contributed by atoms with Crippen LogP contribution in [0.1, 0.15) is 0 Å². The Labute approximate surface area is 97.2 Å². The third-order valence-corrected chi connectivity index (χ3v) is 2.58. The fourth-order valence-electron chi connectivity index (χ4n) is 1.76. The number of aromatic nitrogens is 3. The first-order valence-corrected chi connectivity index (χ1v) is 5.24. The van der Waals surface area contributed by atoms with Crippen molar-refractivity contribution in [2.45, 2.75) is 0 Å². The third-order valence-electron chi connectivity index (χ3n) is 2.58. The maximum atomic E-state index is 12.2. The molecule has 0 radical (unpaired) electrons. The molecule has 82 valence electrons. The van der Waals surface area contributed by atoms with Crippen LogP contribution in [-0.2, 0) is 0 Å². The largest absolute Gasteiger partial charge is 0.268 e. The Balaban J connectivity index is 2.33. The van der Waals surface area contributed by atoms with Crippen molar-refractivity contribution in [2.75, 3.05) is 0 Å². The monoisotopic (exact) mass is 223 g/mol. The number of hydrogen-bond acceptors (Lipinski definition) is 3. The molecule has 4 heteroatoms. The topological polar surface area (TPSA) is 47.8 Å². The second kappa shape index (κ2) is 3.83. The lowest BCUT2D eigenvalue weighted by atomic mass is 10.2. The Morgan fingerprint density at radius 2 is 1.71 bits per heavy atom. The van der Waals surface area contributed by atoms with Crippen molar-refractivity contribution in [1.82, 2.24) is 14.5 Å². The minimum atomic E-state index is -0.102. The van der Waals surface area contributed by atoms with E-state index in [-0.39, 0.29) is 5.56 Å². The maximum absolute atomic E-state index is 12.2. The fraction of sp³-hybridized carbons (Fsp3) is 0. The second-order valence-corrected chi connectivity index (χ2v) is 3.63. The smallest absolute Gasteiger partial charge is 0.265 e. The van der Waals surface area contributed by atoms with Crippen molar-refractivity contribution < 1.29 is 0 Å². The molecule has 0 saturated heterocycles. The van der Waals surface area contributed by atoms with E-state index in [1.165, 1.54) is 4.57 Å². The van der Waals surface area contributed by atoms with Gasteiger partial charge in [-0.1, -0.05) is 18.2 Å². The van der Waals surface area contributed by atoms with E-state index in [4.69, 9.17) is 0 Å². The molecule has 0 fully saturated rings. The van der Waals surface area contributed by atoms with Gasteiger partial charge in [-0.05, 0) is 23.6 Å². The molecule has 4 nitrogen and oxygen atoms in total. The van der Waals surface area contributed by atoms with Gasteiger partial charge < -0.3 is 0 Å². The van der Waals surface area contributed by atoms with Crippen molar-refractivity contribution in [3.63, 3.8) is 0 Å². The molecule has 0 aliphatic carbocycles. The molecule has 0 unspecified atom stereocenters. The zero-order chi connectivity index (χ0) is 11.7. The molecule has 0 N–H and O–H groups in total. The molecule has 1 aromatic carbocycles. The Bertz CT molecular complexity index is 719. The van der Waals surface area contributed by atoms with Crippen LogP contribution in [0.5, 0.6) is 0 Å². The highest BCUT2D eigenvalue weighted by atomic mass is 16.1. The molecule has 2 aromatic heterocycles. The van der Waals surface area contributed by atoms with Gasteiger partial charge in [-0.3, -0.25) is 9.36 Å². The molecule has 2 heterocycles. The van der Waals surface area contributed by atoms with E-state index in [2.05, 4.69) is 9.97 Å². The molecule has 0 aliphatic heterocycles. The average molecular weight is 223 g/mol. The predicted molar refractivity (Wildman–Crippen MR) is 65.1 cm³/mol. The van der Waals surface area contributed by atoms with E-state index >= 15 is 0 Å². The zero-order valence-electron chi connectivity index (χ0n) is 8.95. The summed E-state index contributed by atoms with van der Waals surface area (Å²) >= 11 is 0. The third kappa shape index (κ3) is 1.59. The van der Waals surface area contributed by atoms with Crippen LogP contribution in [0.4, 0.5) is 0 Å². The zero-order valence-corrected chi connectivity index (χ0v) is 8.95. The summed E-state index contributed by atoms with van der Waals surface area (Å²) in [5, 5.41) is 1.59. The van der Waals surface area contributed by atoms with Crippen LogP contribution in [0.2, 0.25) is 0 Å². The highest BCUT2D eigenvalue weighted by Crippen LogP contribution is 2.09. The SMILES string of the molecule is O=c1c2ccccc2ccn1-c1ncccn1. The summed E-state index contributed by atoms with van der Waals surface area (Å²) in [5.41, 5.74) is -0.102. The number of pyridine rings is 1. The van der Waals surface area contributed by atoms with Gasteiger partial charge in [0, 0.05) is 24.0 Å². The lowest BCUT2D eigenvalue weighted by molar-refractivity contribution is 0.896. The van der Waals surface area contributed by atoms with Gasteiger partial charge in [-0.15, -0.1) is 0 Å². The van der Waals surface area contributed by atoms with E-state index < -0.39 is 0 Å². The van der Waals surface area contributed by atoms with E-state index in [0.717, 1.165) is 5.39 Å². The van der Waals surface area contributed by atoms with Gasteiger partial charge in [0.15, 0.2) is 0 Å². The molecule has 17 heavy (non-hydrogen) atoms. The Kier molecular flexibility index (Phi) is 2.19. The molecule has 3 rings (SSSR count). The Morgan fingerprint density at radius 1 is 0.941 bits per heavy atom. The van der Waals surface area contributed by atoms with Gasteiger partial charge in [0.25, 0.3) is 5.56 Å². The van der Waals surface area contributed by atoms with E-state index in [0.29, 0.717) is 11.3 Å². The molecule has 0 bridgehead atoms. The Hall–Kier alpha value is -2.49. The lowest BCUT2D eigenvalue weighted by Gasteiger charge is -2.04.